The number of alkyl carbamates (subject to hydrolysis) is 1. The van der Waals surface area contributed by atoms with Crippen molar-refractivity contribution in [3.8, 4) is 5.75 Å². The molecule has 0 radical (unpaired) electrons. The van der Waals surface area contributed by atoms with Crippen molar-refractivity contribution in [3.63, 3.8) is 0 Å². The van der Waals surface area contributed by atoms with Crippen LogP contribution in [0.15, 0.2) is 52.7 Å². The number of nitrogens with zero attached hydrogens (tertiary/aromatic N) is 3. The van der Waals surface area contributed by atoms with Crippen LogP contribution in [0.4, 0.5) is 18.0 Å². The molecule has 2 aromatic carbocycles. The van der Waals surface area contributed by atoms with E-state index >= 15 is 0 Å². The molecule has 0 atom stereocenters. The SMILES string of the molecule is CC(C)(C)OC(=O)NCCOCCOCCOc1cc(C2(C(F)(F)F)N=N2)ccc1CON1C(=O)c2ccccc2C1=O. The summed E-state index contributed by atoms with van der Waals surface area (Å²) in [6.45, 7) is 5.85. The van der Waals surface area contributed by atoms with Crippen molar-refractivity contribution in [1.82, 2.24) is 10.4 Å². The second-order valence-electron chi connectivity index (χ2n) is 10.4. The first kappa shape index (κ1) is 31.8. The van der Waals surface area contributed by atoms with Crippen molar-refractivity contribution >= 4 is 17.9 Å². The van der Waals surface area contributed by atoms with Crippen LogP contribution >= 0.6 is 0 Å². The molecule has 0 spiro atoms. The Balaban J connectivity index is 1.27. The number of hydroxylamine groups is 2. The van der Waals surface area contributed by atoms with E-state index in [1.54, 1.807) is 32.9 Å². The van der Waals surface area contributed by atoms with E-state index in [1.165, 1.54) is 24.3 Å². The van der Waals surface area contributed by atoms with Crippen LogP contribution in [-0.2, 0) is 31.3 Å². The molecule has 232 valence electrons. The third-order valence-corrected chi connectivity index (χ3v) is 6.04. The van der Waals surface area contributed by atoms with Gasteiger partial charge in [-0.05, 0) is 39.0 Å². The summed E-state index contributed by atoms with van der Waals surface area (Å²) >= 11 is 0. The van der Waals surface area contributed by atoms with Crippen LogP contribution in [-0.4, -0.2) is 74.3 Å². The molecule has 0 aliphatic carbocycles. The fraction of sp³-hybridized carbons (Fsp3) is 0.464. The van der Waals surface area contributed by atoms with Gasteiger partial charge in [0.1, 0.15) is 24.6 Å². The lowest BCUT2D eigenvalue weighted by molar-refractivity contribution is -0.166. The van der Waals surface area contributed by atoms with E-state index in [1.807, 2.05) is 0 Å². The van der Waals surface area contributed by atoms with Gasteiger partial charge in [0.05, 0.1) is 37.6 Å². The van der Waals surface area contributed by atoms with Crippen LogP contribution in [0.5, 0.6) is 5.75 Å². The number of benzene rings is 2. The van der Waals surface area contributed by atoms with E-state index in [4.69, 9.17) is 23.8 Å². The molecule has 2 aromatic rings. The Hall–Kier alpha value is -4.08. The lowest BCUT2D eigenvalue weighted by Gasteiger charge is -2.19. The first-order chi connectivity index (χ1) is 20.3. The Kier molecular flexibility index (Phi) is 9.67. The molecule has 4 rings (SSSR count). The van der Waals surface area contributed by atoms with Crippen molar-refractivity contribution in [2.75, 3.05) is 39.6 Å². The van der Waals surface area contributed by atoms with Gasteiger partial charge < -0.3 is 24.3 Å². The third kappa shape index (κ3) is 7.86. The highest BCUT2D eigenvalue weighted by molar-refractivity contribution is 6.20. The minimum Gasteiger partial charge on any atom is -0.491 e. The number of ether oxygens (including phenoxy) is 4. The van der Waals surface area contributed by atoms with Gasteiger partial charge in [-0.3, -0.25) is 14.4 Å². The monoisotopic (exact) mass is 608 g/mol. The molecular formula is C28H31F3N4O8. The van der Waals surface area contributed by atoms with Crippen LogP contribution in [0.2, 0.25) is 0 Å². The van der Waals surface area contributed by atoms with E-state index in [9.17, 15) is 27.6 Å². The van der Waals surface area contributed by atoms with Crippen molar-refractivity contribution in [2.45, 2.75) is 44.8 Å². The summed E-state index contributed by atoms with van der Waals surface area (Å²) in [5.74, 6) is -1.28. The molecular weight excluding hydrogens is 577 g/mol. The van der Waals surface area contributed by atoms with Crippen LogP contribution in [0.25, 0.3) is 0 Å². The average molecular weight is 609 g/mol. The number of hydrogen-bond acceptors (Lipinski definition) is 10. The molecule has 2 aliphatic heterocycles. The predicted molar refractivity (Wildman–Crippen MR) is 142 cm³/mol. The molecule has 1 N–H and O–H groups in total. The van der Waals surface area contributed by atoms with Crippen molar-refractivity contribution in [3.05, 3.63) is 64.7 Å². The summed E-state index contributed by atoms with van der Waals surface area (Å²) in [7, 11) is 0. The van der Waals surface area contributed by atoms with Gasteiger partial charge in [0, 0.05) is 17.7 Å². The number of carbonyl (C=O) groups is 3. The maximum atomic E-state index is 13.6. The highest BCUT2D eigenvalue weighted by Gasteiger charge is 2.65. The number of amides is 3. The average Bonchev–Trinajstić information content (AvgIpc) is 3.72. The second kappa shape index (κ2) is 13.1. The van der Waals surface area contributed by atoms with Crippen molar-refractivity contribution < 1.29 is 51.3 Å². The van der Waals surface area contributed by atoms with Gasteiger partial charge in [-0.1, -0.05) is 24.3 Å². The van der Waals surface area contributed by atoms with Gasteiger partial charge in [-0.15, -0.1) is 15.3 Å². The molecule has 0 saturated carbocycles. The normalized spacial score (nSPS) is 15.4. The number of hydrogen-bond donors (Lipinski definition) is 1. The summed E-state index contributed by atoms with van der Waals surface area (Å²) in [6, 6.07) is 9.88. The number of rotatable bonds is 14. The molecule has 2 heterocycles. The van der Waals surface area contributed by atoms with Gasteiger partial charge in [0.25, 0.3) is 11.8 Å². The van der Waals surface area contributed by atoms with Crippen LogP contribution < -0.4 is 10.1 Å². The Morgan fingerprint density at radius 2 is 1.51 bits per heavy atom. The highest BCUT2D eigenvalue weighted by atomic mass is 19.4. The Morgan fingerprint density at radius 3 is 2.09 bits per heavy atom. The number of halogens is 3. The Morgan fingerprint density at radius 1 is 0.907 bits per heavy atom. The number of alkyl halides is 3. The lowest BCUT2D eigenvalue weighted by atomic mass is 10.0. The zero-order valence-corrected chi connectivity index (χ0v) is 23.7. The van der Waals surface area contributed by atoms with Crippen LogP contribution in [0, 0.1) is 0 Å². The summed E-state index contributed by atoms with van der Waals surface area (Å²) < 4.78 is 62.4. The van der Waals surface area contributed by atoms with Crippen molar-refractivity contribution in [1.29, 1.82) is 0 Å². The predicted octanol–water partition coefficient (Wildman–Crippen LogP) is 4.53. The highest BCUT2D eigenvalue weighted by Crippen LogP contribution is 2.53. The minimum atomic E-state index is -4.74. The second-order valence-corrected chi connectivity index (χ2v) is 10.4. The summed E-state index contributed by atoms with van der Waals surface area (Å²) in [6.07, 6.45) is -5.29. The molecule has 0 bridgehead atoms. The molecule has 0 aromatic heterocycles. The molecule has 0 fully saturated rings. The summed E-state index contributed by atoms with van der Waals surface area (Å²) in [5.41, 5.74) is -2.88. The quantitative estimate of drug-likeness (QED) is 0.244. The number of fused-ring (bicyclic) bond motifs is 1. The van der Waals surface area contributed by atoms with E-state index in [0.717, 1.165) is 6.07 Å². The minimum absolute atomic E-state index is 0.0168. The van der Waals surface area contributed by atoms with Crippen LogP contribution in [0.1, 0.15) is 52.6 Å². The van der Waals surface area contributed by atoms with Crippen LogP contribution in [0.3, 0.4) is 0 Å². The zero-order chi connectivity index (χ0) is 31.3. The topological polar surface area (TPSA) is 137 Å². The van der Waals surface area contributed by atoms with E-state index in [2.05, 4.69) is 15.5 Å². The first-order valence-electron chi connectivity index (χ1n) is 13.3. The largest absolute Gasteiger partial charge is 0.491 e. The summed E-state index contributed by atoms with van der Waals surface area (Å²) in [5, 5.41) is 9.61. The van der Waals surface area contributed by atoms with Gasteiger partial charge in [-0.2, -0.15) is 13.2 Å². The molecule has 2 aliphatic rings. The third-order valence-electron chi connectivity index (χ3n) is 6.04. The van der Waals surface area contributed by atoms with Crippen molar-refractivity contribution in [2.24, 2.45) is 10.2 Å². The zero-order valence-electron chi connectivity index (χ0n) is 23.7. The maximum absolute atomic E-state index is 13.6. The van der Waals surface area contributed by atoms with Gasteiger partial charge >= 0.3 is 17.9 Å². The van der Waals surface area contributed by atoms with E-state index in [-0.39, 0.29) is 74.2 Å². The fourth-order valence-corrected chi connectivity index (χ4v) is 3.96. The van der Waals surface area contributed by atoms with Gasteiger partial charge in [0.15, 0.2) is 0 Å². The number of imide groups is 1. The first-order valence-corrected chi connectivity index (χ1v) is 13.3. The molecule has 43 heavy (non-hydrogen) atoms. The van der Waals surface area contributed by atoms with Gasteiger partial charge in [0.2, 0.25) is 0 Å². The van der Waals surface area contributed by atoms with E-state index in [0.29, 0.717) is 5.06 Å². The summed E-state index contributed by atoms with van der Waals surface area (Å²) in [4.78, 5) is 42.3. The Labute approximate surface area is 245 Å². The van der Waals surface area contributed by atoms with Gasteiger partial charge in [-0.25, -0.2) is 4.79 Å². The lowest BCUT2D eigenvalue weighted by Crippen LogP contribution is -2.34. The number of carbonyl (C=O) groups excluding carboxylic acids is 3. The molecule has 15 heteroatoms. The smallest absolute Gasteiger partial charge is 0.442 e. The fourth-order valence-electron chi connectivity index (χ4n) is 3.96. The molecule has 0 saturated heterocycles. The van der Waals surface area contributed by atoms with E-state index < -0.39 is 35.3 Å². The maximum Gasteiger partial charge on any atom is 0.442 e. The molecule has 12 nitrogen and oxygen atoms in total. The number of nitrogens with one attached hydrogen (secondary N) is 1. The molecule has 3 amide bonds. The molecule has 0 unspecified atom stereocenters. The Bertz CT molecular complexity index is 1340. The standard InChI is InChI=1S/C28H31F3N4O8/c1-26(2,3)43-25(38)32-10-11-39-12-13-40-14-15-41-22-16-19(27(33-34-27)28(29,30)31)9-8-18(22)17-42-35-23(36)20-6-4-5-7-21(20)24(35)37/h4-9,16H,10-15,17H2,1-3H3,(H,32,38).